The predicted molar refractivity (Wildman–Crippen MR) is 90.4 cm³/mol. The monoisotopic (exact) mass is 381 g/mol. The Morgan fingerprint density at radius 2 is 1.58 bits per heavy atom. The number of hydrogen-bond donors (Lipinski definition) is 2. The number of benzene rings is 3. The largest absolute Gasteiger partial charge is 0.387 e. The maximum Gasteiger partial charge on any atom is 0.243 e. The van der Waals surface area contributed by atoms with Crippen molar-refractivity contribution < 1.29 is 26.7 Å². The summed E-state index contributed by atoms with van der Waals surface area (Å²) in [6.45, 7) is -0.464. The standard InChI is InChI=1S/C18H14F3NO3S/c19-14-8-16(21)18(9-15(14)20)26(24,25)22-10-17(23)13-7-3-5-11-4-1-2-6-12(11)13/h1-9,17,22-23H,10H2. The molecular formula is C18H14F3NO3S. The van der Waals surface area contributed by atoms with Crippen molar-refractivity contribution in [1.29, 1.82) is 0 Å². The van der Waals surface area contributed by atoms with E-state index in [2.05, 4.69) is 0 Å². The lowest BCUT2D eigenvalue weighted by Gasteiger charge is -2.15. The van der Waals surface area contributed by atoms with Gasteiger partial charge in [-0.1, -0.05) is 42.5 Å². The molecule has 0 amide bonds. The summed E-state index contributed by atoms with van der Waals surface area (Å²) in [6, 6.07) is 12.8. The van der Waals surface area contributed by atoms with E-state index in [0.29, 0.717) is 5.56 Å². The zero-order valence-corrected chi connectivity index (χ0v) is 14.1. The van der Waals surface area contributed by atoms with Crippen LogP contribution < -0.4 is 4.72 Å². The second kappa shape index (κ2) is 7.06. The van der Waals surface area contributed by atoms with Crippen molar-refractivity contribution in [1.82, 2.24) is 4.72 Å². The number of aliphatic hydroxyl groups excluding tert-OH is 1. The number of aliphatic hydroxyl groups is 1. The van der Waals surface area contributed by atoms with Crippen LogP contribution in [0.4, 0.5) is 13.2 Å². The number of halogens is 3. The van der Waals surface area contributed by atoms with E-state index in [0.717, 1.165) is 10.8 Å². The summed E-state index contributed by atoms with van der Waals surface area (Å²) >= 11 is 0. The van der Waals surface area contributed by atoms with Crippen LogP contribution in [0.5, 0.6) is 0 Å². The van der Waals surface area contributed by atoms with E-state index >= 15 is 0 Å². The fraction of sp³-hybridized carbons (Fsp3) is 0.111. The zero-order chi connectivity index (χ0) is 18.9. The highest BCUT2D eigenvalue weighted by atomic mass is 32.2. The van der Waals surface area contributed by atoms with Gasteiger partial charge in [-0.2, -0.15) is 0 Å². The molecule has 3 aromatic rings. The maximum absolute atomic E-state index is 13.7. The molecule has 0 bridgehead atoms. The third-order valence-corrected chi connectivity index (χ3v) is 5.35. The lowest BCUT2D eigenvalue weighted by molar-refractivity contribution is 0.183. The molecule has 3 aromatic carbocycles. The molecule has 0 aliphatic carbocycles. The third kappa shape index (κ3) is 3.57. The maximum atomic E-state index is 13.7. The van der Waals surface area contributed by atoms with Gasteiger partial charge in [0.05, 0.1) is 6.10 Å². The Morgan fingerprint density at radius 3 is 2.35 bits per heavy atom. The first-order valence-corrected chi connectivity index (χ1v) is 9.08. The summed E-state index contributed by atoms with van der Waals surface area (Å²) < 4.78 is 66.2. The van der Waals surface area contributed by atoms with Crippen molar-refractivity contribution in [3.8, 4) is 0 Å². The van der Waals surface area contributed by atoms with Gasteiger partial charge in [0, 0.05) is 12.6 Å². The van der Waals surface area contributed by atoms with Crippen molar-refractivity contribution in [2.75, 3.05) is 6.54 Å². The molecule has 136 valence electrons. The van der Waals surface area contributed by atoms with Gasteiger partial charge in [0.15, 0.2) is 11.6 Å². The first-order chi connectivity index (χ1) is 12.3. The lowest BCUT2D eigenvalue weighted by Crippen LogP contribution is -2.29. The molecule has 0 aliphatic rings. The second-order valence-corrected chi connectivity index (χ2v) is 7.37. The number of fused-ring (bicyclic) bond motifs is 1. The van der Waals surface area contributed by atoms with E-state index < -0.39 is 45.0 Å². The smallest absolute Gasteiger partial charge is 0.243 e. The molecule has 0 saturated heterocycles. The van der Waals surface area contributed by atoms with E-state index in [-0.39, 0.29) is 12.1 Å². The van der Waals surface area contributed by atoms with Gasteiger partial charge < -0.3 is 5.11 Å². The van der Waals surface area contributed by atoms with Crippen LogP contribution >= 0.6 is 0 Å². The van der Waals surface area contributed by atoms with Gasteiger partial charge in [-0.25, -0.2) is 26.3 Å². The zero-order valence-electron chi connectivity index (χ0n) is 13.3. The van der Waals surface area contributed by atoms with Crippen LogP contribution in [0.15, 0.2) is 59.5 Å². The molecular weight excluding hydrogens is 367 g/mol. The summed E-state index contributed by atoms with van der Waals surface area (Å²) in [5.74, 6) is -4.39. The molecule has 0 aliphatic heterocycles. The van der Waals surface area contributed by atoms with Crippen LogP contribution in [-0.2, 0) is 10.0 Å². The van der Waals surface area contributed by atoms with E-state index in [1.807, 2.05) is 22.9 Å². The molecule has 0 saturated carbocycles. The molecule has 1 unspecified atom stereocenters. The predicted octanol–water partition coefficient (Wildman–Crippen LogP) is 3.27. The Balaban J connectivity index is 1.85. The third-order valence-electron chi connectivity index (χ3n) is 3.91. The molecule has 2 N–H and O–H groups in total. The number of sulfonamides is 1. The van der Waals surface area contributed by atoms with Crippen LogP contribution in [0.1, 0.15) is 11.7 Å². The normalized spacial score (nSPS) is 13.1. The Hall–Kier alpha value is -2.42. The van der Waals surface area contributed by atoms with Crippen LogP contribution in [0.2, 0.25) is 0 Å². The van der Waals surface area contributed by atoms with Gasteiger partial charge in [0.1, 0.15) is 10.7 Å². The molecule has 3 rings (SSSR count). The van der Waals surface area contributed by atoms with E-state index in [1.54, 1.807) is 24.3 Å². The molecule has 0 spiro atoms. The topological polar surface area (TPSA) is 66.4 Å². The highest BCUT2D eigenvalue weighted by molar-refractivity contribution is 7.89. The van der Waals surface area contributed by atoms with Crippen molar-refractivity contribution in [3.63, 3.8) is 0 Å². The van der Waals surface area contributed by atoms with E-state index in [1.165, 1.54) is 0 Å². The fourth-order valence-corrected chi connectivity index (χ4v) is 3.73. The minimum atomic E-state index is -4.48. The Morgan fingerprint density at radius 1 is 0.923 bits per heavy atom. The van der Waals surface area contributed by atoms with Gasteiger partial charge in [-0.15, -0.1) is 0 Å². The van der Waals surface area contributed by atoms with Crippen LogP contribution in [-0.4, -0.2) is 20.1 Å². The molecule has 8 heteroatoms. The summed E-state index contributed by atoms with van der Waals surface area (Å²) in [5, 5.41) is 11.9. The van der Waals surface area contributed by atoms with Gasteiger partial charge in [0.25, 0.3) is 0 Å². The summed E-state index contributed by atoms with van der Waals surface area (Å²) in [7, 11) is -4.48. The SMILES string of the molecule is O=S(=O)(NCC(O)c1cccc2ccccc12)c1cc(F)c(F)cc1F. The van der Waals surface area contributed by atoms with Crippen LogP contribution in [0, 0.1) is 17.5 Å². The van der Waals surface area contributed by atoms with Crippen LogP contribution in [0.3, 0.4) is 0 Å². The van der Waals surface area contributed by atoms with E-state index in [9.17, 15) is 26.7 Å². The first kappa shape index (κ1) is 18.4. The van der Waals surface area contributed by atoms with E-state index in [4.69, 9.17) is 0 Å². The molecule has 26 heavy (non-hydrogen) atoms. The average Bonchev–Trinajstić information content (AvgIpc) is 2.62. The van der Waals surface area contributed by atoms with Crippen LogP contribution in [0.25, 0.3) is 10.8 Å². The first-order valence-electron chi connectivity index (χ1n) is 7.59. The number of rotatable bonds is 5. The van der Waals surface area contributed by atoms with Crippen molar-refractivity contribution in [2.24, 2.45) is 0 Å². The summed E-state index contributed by atoms with van der Waals surface area (Å²) in [5.41, 5.74) is 0.483. The molecule has 0 radical (unpaired) electrons. The van der Waals surface area contributed by atoms with Crippen molar-refractivity contribution in [2.45, 2.75) is 11.0 Å². The highest BCUT2D eigenvalue weighted by Crippen LogP contribution is 2.25. The number of hydrogen-bond acceptors (Lipinski definition) is 3. The molecule has 0 fully saturated rings. The van der Waals surface area contributed by atoms with Gasteiger partial charge in [0.2, 0.25) is 10.0 Å². The second-order valence-electron chi connectivity index (χ2n) is 5.63. The van der Waals surface area contributed by atoms with Crippen molar-refractivity contribution in [3.05, 3.63) is 77.6 Å². The van der Waals surface area contributed by atoms with Gasteiger partial charge >= 0.3 is 0 Å². The Labute approximate surface area is 148 Å². The number of nitrogens with one attached hydrogen (secondary N) is 1. The Bertz CT molecular complexity index is 1070. The molecule has 0 heterocycles. The van der Waals surface area contributed by atoms with Gasteiger partial charge in [-0.3, -0.25) is 0 Å². The quantitative estimate of drug-likeness (QED) is 0.667. The molecule has 4 nitrogen and oxygen atoms in total. The minimum Gasteiger partial charge on any atom is -0.387 e. The Kier molecular flexibility index (Phi) is 4.99. The molecule has 1 atom stereocenters. The summed E-state index contributed by atoms with van der Waals surface area (Å²) in [4.78, 5) is -1.03. The average molecular weight is 381 g/mol. The molecule has 0 aromatic heterocycles. The van der Waals surface area contributed by atoms with Crippen molar-refractivity contribution >= 4 is 20.8 Å². The summed E-state index contributed by atoms with van der Waals surface area (Å²) in [6.07, 6.45) is -1.22. The fourth-order valence-electron chi connectivity index (χ4n) is 2.63. The lowest BCUT2D eigenvalue weighted by atomic mass is 10.0. The minimum absolute atomic E-state index is 0.158. The highest BCUT2D eigenvalue weighted by Gasteiger charge is 2.23. The van der Waals surface area contributed by atoms with Gasteiger partial charge in [-0.05, 0) is 22.4 Å².